The molecule has 0 fully saturated rings. The SMILES string of the molecule is C=CCN(CC=C)C(=O)CSc1nccn1-c1ccc(C)c(C)c1. The van der Waals surface area contributed by atoms with Crippen molar-refractivity contribution in [2.45, 2.75) is 19.0 Å². The maximum absolute atomic E-state index is 12.3. The number of imidazole rings is 1. The molecule has 1 amide bonds. The molecule has 0 saturated heterocycles. The van der Waals surface area contributed by atoms with Gasteiger partial charge in [-0.2, -0.15) is 0 Å². The molecular weight excluding hydrogens is 318 g/mol. The van der Waals surface area contributed by atoms with Crippen LogP contribution in [0.25, 0.3) is 5.69 Å². The average molecular weight is 341 g/mol. The number of carbonyl (C=O) groups excluding carboxylic acids is 1. The number of nitrogens with zero attached hydrogens (tertiary/aromatic N) is 3. The van der Waals surface area contributed by atoms with E-state index in [1.165, 1.54) is 22.9 Å². The lowest BCUT2D eigenvalue weighted by Gasteiger charge is -2.19. The largest absolute Gasteiger partial charge is 0.335 e. The summed E-state index contributed by atoms with van der Waals surface area (Å²) in [6, 6.07) is 6.29. The molecule has 0 N–H and O–H groups in total. The van der Waals surface area contributed by atoms with Crippen LogP contribution < -0.4 is 0 Å². The second-order valence-corrected chi connectivity index (χ2v) is 6.46. The van der Waals surface area contributed by atoms with Gasteiger partial charge in [0.2, 0.25) is 5.91 Å². The van der Waals surface area contributed by atoms with Crippen LogP contribution in [0.4, 0.5) is 0 Å². The number of rotatable bonds is 8. The van der Waals surface area contributed by atoms with Crippen LogP contribution in [0, 0.1) is 13.8 Å². The van der Waals surface area contributed by atoms with Gasteiger partial charge in [-0.15, -0.1) is 13.2 Å². The van der Waals surface area contributed by atoms with Crippen LogP contribution in [-0.4, -0.2) is 39.2 Å². The molecule has 0 bridgehead atoms. The number of hydrogen-bond acceptors (Lipinski definition) is 3. The third-order valence-electron chi connectivity index (χ3n) is 3.75. The van der Waals surface area contributed by atoms with E-state index in [1.807, 2.05) is 10.8 Å². The number of carbonyl (C=O) groups is 1. The highest BCUT2D eigenvalue weighted by Crippen LogP contribution is 2.22. The molecule has 126 valence electrons. The van der Waals surface area contributed by atoms with Gasteiger partial charge in [0.15, 0.2) is 5.16 Å². The lowest BCUT2D eigenvalue weighted by Crippen LogP contribution is -2.32. The van der Waals surface area contributed by atoms with Crippen LogP contribution in [0.3, 0.4) is 0 Å². The number of aryl methyl sites for hydroxylation is 2. The van der Waals surface area contributed by atoms with Crippen LogP contribution in [0.1, 0.15) is 11.1 Å². The zero-order chi connectivity index (χ0) is 17.5. The fourth-order valence-electron chi connectivity index (χ4n) is 2.28. The summed E-state index contributed by atoms with van der Waals surface area (Å²) in [6.07, 6.45) is 7.12. The van der Waals surface area contributed by atoms with Crippen LogP contribution in [-0.2, 0) is 4.79 Å². The van der Waals surface area contributed by atoms with E-state index in [1.54, 1.807) is 23.2 Å². The Labute approximate surface area is 147 Å². The van der Waals surface area contributed by atoms with Gasteiger partial charge in [0.1, 0.15) is 0 Å². The van der Waals surface area contributed by atoms with Crippen molar-refractivity contribution in [3.8, 4) is 5.69 Å². The Morgan fingerprint density at radius 1 is 1.25 bits per heavy atom. The minimum atomic E-state index is 0.0504. The summed E-state index contributed by atoms with van der Waals surface area (Å²) in [6.45, 7) is 12.6. The first-order valence-electron chi connectivity index (χ1n) is 7.80. The molecule has 0 radical (unpaired) electrons. The first kappa shape index (κ1) is 18.1. The summed E-state index contributed by atoms with van der Waals surface area (Å²) in [5.74, 6) is 0.387. The van der Waals surface area contributed by atoms with Gasteiger partial charge in [-0.3, -0.25) is 9.36 Å². The van der Waals surface area contributed by atoms with Crippen molar-refractivity contribution in [1.29, 1.82) is 0 Å². The van der Waals surface area contributed by atoms with Crippen LogP contribution >= 0.6 is 11.8 Å². The minimum Gasteiger partial charge on any atom is -0.335 e. The fourth-order valence-corrected chi connectivity index (χ4v) is 3.15. The summed E-state index contributed by atoms with van der Waals surface area (Å²) in [7, 11) is 0. The number of benzene rings is 1. The Balaban J connectivity index is 2.10. The standard InChI is InChI=1S/C19H23N3OS/c1-5-10-21(11-6-2)18(23)14-24-19-20-9-12-22(19)17-8-7-15(3)16(4)13-17/h5-9,12-13H,1-2,10-11,14H2,3-4H3. The summed E-state index contributed by atoms with van der Waals surface area (Å²) in [5, 5.41) is 0.809. The monoisotopic (exact) mass is 341 g/mol. The quantitative estimate of drug-likeness (QED) is 0.542. The van der Waals surface area contributed by atoms with Crippen molar-refractivity contribution < 1.29 is 4.79 Å². The molecule has 24 heavy (non-hydrogen) atoms. The molecule has 1 aromatic heterocycles. The van der Waals surface area contributed by atoms with Crippen molar-refractivity contribution in [2.24, 2.45) is 0 Å². The van der Waals surface area contributed by atoms with Gasteiger partial charge in [0.25, 0.3) is 0 Å². The highest BCUT2D eigenvalue weighted by atomic mass is 32.2. The Kier molecular flexibility index (Phi) is 6.44. The summed E-state index contributed by atoms with van der Waals surface area (Å²) >= 11 is 1.44. The zero-order valence-electron chi connectivity index (χ0n) is 14.2. The number of aromatic nitrogens is 2. The Bertz CT molecular complexity index is 726. The Morgan fingerprint density at radius 2 is 1.96 bits per heavy atom. The highest BCUT2D eigenvalue weighted by molar-refractivity contribution is 7.99. The van der Waals surface area contributed by atoms with E-state index in [0.717, 1.165) is 10.8 Å². The van der Waals surface area contributed by atoms with Crippen molar-refractivity contribution in [1.82, 2.24) is 14.5 Å². The Hall–Kier alpha value is -2.27. The van der Waals surface area contributed by atoms with Gasteiger partial charge >= 0.3 is 0 Å². The molecule has 0 saturated carbocycles. The van der Waals surface area contributed by atoms with Crippen molar-refractivity contribution in [2.75, 3.05) is 18.8 Å². The maximum Gasteiger partial charge on any atom is 0.233 e. The third-order valence-corrected chi connectivity index (χ3v) is 4.70. The van der Waals surface area contributed by atoms with E-state index < -0.39 is 0 Å². The lowest BCUT2D eigenvalue weighted by atomic mass is 10.1. The number of amides is 1. The van der Waals surface area contributed by atoms with Crippen LogP contribution in [0.2, 0.25) is 0 Å². The molecule has 1 heterocycles. The molecule has 1 aromatic carbocycles. The van der Waals surface area contributed by atoms with E-state index in [0.29, 0.717) is 18.8 Å². The van der Waals surface area contributed by atoms with Crippen molar-refractivity contribution in [3.05, 3.63) is 67.0 Å². The van der Waals surface area contributed by atoms with Crippen LogP contribution in [0.5, 0.6) is 0 Å². The van der Waals surface area contributed by atoms with Gasteiger partial charge in [0.05, 0.1) is 5.75 Å². The summed E-state index contributed by atoms with van der Waals surface area (Å²) in [5.41, 5.74) is 3.55. The first-order valence-corrected chi connectivity index (χ1v) is 8.78. The molecule has 0 aliphatic carbocycles. The summed E-state index contributed by atoms with van der Waals surface area (Å²) < 4.78 is 2.01. The third kappa shape index (κ3) is 4.38. The molecule has 0 aliphatic rings. The van der Waals surface area contributed by atoms with E-state index >= 15 is 0 Å². The predicted molar refractivity (Wildman–Crippen MR) is 101 cm³/mol. The second-order valence-electron chi connectivity index (χ2n) is 5.51. The average Bonchev–Trinajstić information content (AvgIpc) is 3.03. The lowest BCUT2D eigenvalue weighted by molar-refractivity contribution is -0.127. The van der Waals surface area contributed by atoms with E-state index in [2.05, 4.69) is 50.2 Å². The molecule has 0 atom stereocenters. The predicted octanol–water partition coefficient (Wildman–Crippen LogP) is 3.78. The van der Waals surface area contributed by atoms with Crippen LogP contribution in [0.15, 0.2) is 61.1 Å². The van der Waals surface area contributed by atoms with E-state index in [-0.39, 0.29) is 5.91 Å². The minimum absolute atomic E-state index is 0.0504. The second kappa shape index (κ2) is 8.55. The Morgan fingerprint density at radius 3 is 2.58 bits per heavy atom. The molecular formula is C19H23N3OS. The van der Waals surface area contributed by atoms with Gasteiger partial charge in [0, 0.05) is 31.2 Å². The smallest absolute Gasteiger partial charge is 0.233 e. The highest BCUT2D eigenvalue weighted by Gasteiger charge is 2.14. The molecule has 0 aliphatic heterocycles. The van der Waals surface area contributed by atoms with Gasteiger partial charge in [-0.25, -0.2) is 4.98 Å². The van der Waals surface area contributed by atoms with Gasteiger partial charge in [-0.1, -0.05) is 30.0 Å². The molecule has 4 nitrogen and oxygen atoms in total. The van der Waals surface area contributed by atoms with E-state index in [4.69, 9.17) is 0 Å². The topological polar surface area (TPSA) is 38.1 Å². The molecule has 2 rings (SSSR count). The molecule has 5 heteroatoms. The number of thioether (sulfide) groups is 1. The number of hydrogen-bond donors (Lipinski definition) is 0. The fraction of sp³-hybridized carbons (Fsp3) is 0.263. The maximum atomic E-state index is 12.3. The molecule has 0 spiro atoms. The molecule has 2 aromatic rings. The van der Waals surface area contributed by atoms with Crippen molar-refractivity contribution >= 4 is 17.7 Å². The first-order chi connectivity index (χ1) is 11.6. The molecule has 0 unspecified atom stereocenters. The van der Waals surface area contributed by atoms with E-state index in [9.17, 15) is 4.79 Å². The van der Waals surface area contributed by atoms with Gasteiger partial charge < -0.3 is 4.90 Å². The van der Waals surface area contributed by atoms with Gasteiger partial charge in [-0.05, 0) is 37.1 Å². The zero-order valence-corrected chi connectivity index (χ0v) is 15.1. The normalized spacial score (nSPS) is 10.4. The van der Waals surface area contributed by atoms with Crippen molar-refractivity contribution in [3.63, 3.8) is 0 Å². The summed E-state index contributed by atoms with van der Waals surface area (Å²) in [4.78, 5) is 18.4.